The Hall–Kier alpha value is -2.11. The van der Waals surface area contributed by atoms with Gasteiger partial charge in [0.1, 0.15) is 5.58 Å². The maximum atomic E-state index is 5.85. The van der Waals surface area contributed by atoms with Crippen molar-refractivity contribution in [1.82, 2.24) is 0 Å². The maximum Gasteiger partial charge on any atom is 0.176 e. The molecule has 20 heavy (non-hydrogen) atoms. The predicted molar refractivity (Wildman–Crippen MR) is 85.2 cm³/mol. The third-order valence-electron chi connectivity index (χ3n) is 3.10. The predicted octanol–water partition coefficient (Wildman–Crippen LogP) is 4.86. The average Bonchev–Trinajstić information content (AvgIpc) is 2.83. The fourth-order valence-electron chi connectivity index (χ4n) is 2.11. The number of hydrogen-bond acceptors (Lipinski definition) is 2. The summed E-state index contributed by atoms with van der Waals surface area (Å²) in [7, 11) is 0. The Kier molecular flexibility index (Phi) is 3.54. The summed E-state index contributed by atoms with van der Waals surface area (Å²) in [4.78, 5) is 0. The van der Waals surface area contributed by atoms with Gasteiger partial charge in [0.2, 0.25) is 0 Å². The Labute approximate surface area is 123 Å². The molecule has 1 heterocycles. The summed E-state index contributed by atoms with van der Waals surface area (Å²) >= 11 is 1.59. The van der Waals surface area contributed by atoms with Gasteiger partial charge in [0.25, 0.3) is 0 Å². The zero-order chi connectivity index (χ0) is 13.9. The average molecular weight is 278 g/mol. The molecule has 0 N–H and O–H groups in total. The van der Waals surface area contributed by atoms with Crippen molar-refractivity contribution in [1.29, 1.82) is 0 Å². The second-order valence-electron chi connectivity index (χ2n) is 4.58. The lowest BCUT2D eigenvalue weighted by atomic mass is 10.1. The zero-order valence-corrected chi connectivity index (χ0v) is 12.3. The van der Waals surface area contributed by atoms with Crippen molar-refractivity contribution in [3.05, 3.63) is 65.2 Å². The first-order chi connectivity index (χ1) is 9.78. The Morgan fingerprint density at radius 2 is 1.80 bits per heavy atom. The summed E-state index contributed by atoms with van der Waals surface area (Å²) in [5.41, 5.74) is 4.12. The lowest BCUT2D eigenvalue weighted by molar-refractivity contribution is 0.514. The van der Waals surface area contributed by atoms with Crippen LogP contribution in [0.1, 0.15) is 16.7 Å². The molecule has 2 heteroatoms. The number of benzene rings is 2. The molecule has 0 unspecified atom stereocenters. The summed E-state index contributed by atoms with van der Waals surface area (Å²) in [5.74, 6) is 6.48. The fraction of sp³-hybridized carbons (Fsp3) is 0.111. The van der Waals surface area contributed by atoms with Crippen LogP contribution in [0.25, 0.3) is 11.0 Å². The highest BCUT2D eigenvalue weighted by molar-refractivity contribution is 7.98. The number of thioether (sulfide) groups is 1. The number of hydrogen-bond donors (Lipinski definition) is 0. The lowest BCUT2D eigenvalue weighted by Crippen LogP contribution is -1.77. The zero-order valence-electron chi connectivity index (χ0n) is 11.4. The summed E-state index contributed by atoms with van der Waals surface area (Å²) in [5, 5.41) is 1.98. The van der Waals surface area contributed by atoms with Crippen LogP contribution in [-0.2, 0) is 0 Å². The van der Waals surface area contributed by atoms with E-state index in [-0.39, 0.29) is 0 Å². The first-order valence-corrected chi connectivity index (χ1v) is 7.64. The van der Waals surface area contributed by atoms with Gasteiger partial charge in [-0.15, -0.1) is 0 Å². The molecule has 1 aromatic heterocycles. The molecule has 3 rings (SSSR count). The van der Waals surface area contributed by atoms with E-state index in [2.05, 4.69) is 30.9 Å². The monoisotopic (exact) mass is 278 g/mol. The van der Waals surface area contributed by atoms with Crippen LogP contribution < -0.4 is 0 Å². The number of fused-ring (bicyclic) bond motifs is 1. The van der Waals surface area contributed by atoms with Crippen LogP contribution in [0.3, 0.4) is 0 Å². The van der Waals surface area contributed by atoms with Gasteiger partial charge in [-0.3, -0.25) is 0 Å². The molecule has 0 spiro atoms. The van der Waals surface area contributed by atoms with Crippen LogP contribution >= 0.6 is 11.8 Å². The van der Waals surface area contributed by atoms with E-state index in [1.807, 2.05) is 42.7 Å². The van der Waals surface area contributed by atoms with E-state index in [4.69, 9.17) is 4.42 Å². The van der Waals surface area contributed by atoms with E-state index < -0.39 is 0 Å². The van der Waals surface area contributed by atoms with Crippen molar-refractivity contribution < 1.29 is 4.42 Å². The van der Waals surface area contributed by atoms with Gasteiger partial charge in [-0.1, -0.05) is 53.4 Å². The van der Waals surface area contributed by atoms with E-state index in [1.54, 1.807) is 11.8 Å². The van der Waals surface area contributed by atoms with Crippen LogP contribution in [0.4, 0.5) is 0 Å². The minimum atomic E-state index is 0.883. The summed E-state index contributed by atoms with van der Waals surface area (Å²) < 4.78 is 5.85. The maximum absolute atomic E-state index is 5.85. The second kappa shape index (κ2) is 5.48. The van der Waals surface area contributed by atoms with E-state index in [0.29, 0.717) is 0 Å². The van der Waals surface area contributed by atoms with Gasteiger partial charge in [-0.2, -0.15) is 0 Å². The molecule has 0 bridgehead atoms. The second-order valence-corrected chi connectivity index (χ2v) is 5.36. The minimum absolute atomic E-state index is 0.883. The first kappa shape index (κ1) is 12.9. The molecule has 98 valence electrons. The van der Waals surface area contributed by atoms with Crippen LogP contribution in [0.5, 0.6) is 0 Å². The quantitative estimate of drug-likeness (QED) is 0.465. The Morgan fingerprint density at radius 3 is 2.55 bits per heavy atom. The van der Waals surface area contributed by atoms with Gasteiger partial charge in [0.05, 0.1) is 5.56 Å². The standard InChI is InChI=1S/C18H14OS/c1-13-8-11-17-16(12-13)15(18(19-17)20-2)10-9-14-6-4-3-5-7-14/h3-8,11-12H,1-2H3. The molecule has 0 aliphatic rings. The number of furan rings is 1. The Bertz CT molecular complexity index is 804. The molecule has 0 saturated heterocycles. The molecule has 3 aromatic rings. The Morgan fingerprint density at radius 1 is 1.00 bits per heavy atom. The van der Waals surface area contributed by atoms with Crippen molar-refractivity contribution in [2.75, 3.05) is 6.26 Å². The SMILES string of the molecule is CSc1oc2ccc(C)cc2c1C#Cc1ccccc1. The minimum Gasteiger partial charge on any atom is -0.449 e. The largest absolute Gasteiger partial charge is 0.449 e. The molecule has 0 fully saturated rings. The topological polar surface area (TPSA) is 13.1 Å². The van der Waals surface area contributed by atoms with Gasteiger partial charge in [0.15, 0.2) is 5.09 Å². The highest BCUT2D eigenvalue weighted by Gasteiger charge is 2.11. The third kappa shape index (κ3) is 2.45. The van der Waals surface area contributed by atoms with Crippen molar-refractivity contribution in [3.63, 3.8) is 0 Å². The molecule has 0 aliphatic heterocycles. The van der Waals surface area contributed by atoms with Gasteiger partial charge in [-0.25, -0.2) is 0 Å². The van der Waals surface area contributed by atoms with E-state index in [9.17, 15) is 0 Å². The molecule has 0 radical (unpaired) electrons. The van der Waals surface area contributed by atoms with Gasteiger partial charge < -0.3 is 4.42 Å². The van der Waals surface area contributed by atoms with Crippen molar-refractivity contribution in [2.45, 2.75) is 12.0 Å². The molecule has 0 saturated carbocycles. The highest BCUT2D eigenvalue weighted by atomic mass is 32.2. The Balaban J connectivity index is 2.15. The van der Waals surface area contributed by atoms with Crippen LogP contribution in [0.2, 0.25) is 0 Å². The molecule has 0 atom stereocenters. The third-order valence-corrected chi connectivity index (χ3v) is 3.76. The van der Waals surface area contributed by atoms with Crippen LogP contribution in [0.15, 0.2) is 58.0 Å². The molecule has 2 aromatic carbocycles. The van der Waals surface area contributed by atoms with Crippen LogP contribution in [-0.4, -0.2) is 6.26 Å². The fourth-order valence-corrected chi connectivity index (χ4v) is 2.65. The summed E-state index contributed by atoms with van der Waals surface area (Å²) in [6.07, 6.45) is 2.01. The molecule has 1 nitrogen and oxygen atoms in total. The van der Waals surface area contributed by atoms with Crippen molar-refractivity contribution >= 4 is 22.7 Å². The van der Waals surface area contributed by atoms with Crippen LogP contribution in [0, 0.1) is 18.8 Å². The van der Waals surface area contributed by atoms with E-state index in [0.717, 1.165) is 27.2 Å². The lowest BCUT2D eigenvalue weighted by Gasteiger charge is -1.92. The van der Waals surface area contributed by atoms with E-state index in [1.165, 1.54) is 5.56 Å². The number of aryl methyl sites for hydroxylation is 1. The molecule has 0 amide bonds. The van der Waals surface area contributed by atoms with Gasteiger partial charge in [-0.05, 0) is 37.4 Å². The molecular formula is C18H14OS. The van der Waals surface area contributed by atoms with Crippen molar-refractivity contribution in [3.8, 4) is 11.8 Å². The first-order valence-electron chi connectivity index (χ1n) is 6.42. The van der Waals surface area contributed by atoms with E-state index >= 15 is 0 Å². The van der Waals surface area contributed by atoms with Gasteiger partial charge in [0, 0.05) is 10.9 Å². The summed E-state index contributed by atoms with van der Waals surface area (Å²) in [6, 6.07) is 16.2. The summed E-state index contributed by atoms with van der Waals surface area (Å²) in [6.45, 7) is 2.08. The smallest absolute Gasteiger partial charge is 0.176 e. The molecule has 0 aliphatic carbocycles. The van der Waals surface area contributed by atoms with Crippen molar-refractivity contribution in [2.24, 2.45) is 0 Å². The van der Waals surface area contributed by atoms with Gasteiger partial charge >= 0.3 is 0 Å². The number of rotatable bonds is 1. The molecular weight excluding hydrogens is 264 g/mol. The highest BCUT2D eigenvalue weighted by Crippen LogP contribution is 2.31. The normalized spacial score (nSPS) is 10.3.